The summed E-state index contributed by atoms with van der Waals surface area (Å²) in [6.07, 6.45) is 0. The first-order chi connectivity index (χ1) is 28.5. The summed E-state index contributed by atoms with van der Waals surface area (Å²) in [6, 6.07) is 68.2. The summed E-state index contributed by atoms with van der Waals surface area (Å²) in [5, 5.41) is 8.25. The minimum atomic E-state index is -0.138. The predicted octanol–water partition coefficient (Wildman–Crippen LogP) is 14.3. The van der Waals surface area contributed by atoms with Gasteiger partial charge in [-0.2, -0.15) is 0 Å². The molecule has 0 radical (unpaired) electrons. The van der Waals surface area contributed by atoms with Crippen LogP contribution in [0.4, 0.5) is 0 Å². The summed E-state index contributed by atoms with van der Waals surface area (Å²) >= 11 is 0. The Balaban J connectivity index is 1.19. The Labute approximate surface area is 336 Å². The van der Waals surface area contributed by atoms with Gasteiger partial charge in [0.1, 0.15) is 0 Å². The molecule has 12 rings (SSSR count). The quantitative estimate of drug-likeness (QED) is 0.180. The molecule has 0 aliphatic heterocycles. The average Bonchev–Trinajstić information content (AvgIpc) is 3.73. The van der Waals surface area contributed by atoms with Gasteiger partial charge in [0, 0.05) is 32.7 Å². The molecule has 2 heterocycles. The largest absolute Gasteiger partial charge is 0.277 e. The highest BCUT2D eigenvalue weighted by atomic mass is 15.2. The Morgan fingerprint density at radius 1 is 0.431 bits per heavy atom. The maximum Gasteiger partial charge on any atom is 0.235 e. The van der Waals surface area contributed by atoms with Gasteiger partial charge >= 0.3 is 0 Å². The van der Waals surface area contributed by atoms with Crippen molar-refractivity contribution in [3.63, 3.8) is 0 Å². The van der Waals surface area contributed by atoms with E-state index in [0.717, 1.165) is 33.2 Å². The molecule has 0 bridgehead atoms. The third kappa shape index (κ3) is 4.74. The zero-order valence-electron chi connectivity index (χ0n) is 32.2. The molecule has 0 fully saturated rings. The van der Waals surface area contributed by atoms with Crippen LogP contribution in [0.15, 0.2) is 188 Å². The molecule has 0 N–H and O–H groups in total. The van der Waals surface area contributed by atoms with Crippen molar-refractivity contribution in [2.24, 2.45) is 0 Å². The van der Waals surface area contributed by atoms with E-state index in [1.54, 1.807) is 0 Å². The average molecular weight is 740 g/mol. The zero-order valence-corrected chi connectivity index (χ0v) is 32.2. The highest BCUT2D eigenvalue weighted by molar-refractivity contribution is 6.27. The number of rotatable bonds is 4. The van der Waals surface area contributed by atoms with Crippen molar-refractivity contribution in [1.82, 2.24) is 14.5 Å². The van der Waals surface area contributed by atoms with Gasteiger partial charge in [-0.05, 0) is 84.8 Å². The van der Waals surface area contributed by atoms with Crippen LogP contribution in [-0.2, 0) is 5.41 Å². The lowest BCUT2D eigenvalue weighted by molar-refractivity contribution is 0.660. The van der Waals surface area contributed by atoms with Gasteiger partial charge in [-0.25, -0.2) is 9.97 Å². The minimum absolute atomic E-state index is 0.138. The second-order valence-electron chi connectivity index (χ2n) is 16.1. The van der Waals surface area contributed by atoms with Crippen LogP contribution in [0.1, 0.15) is 25.0 Å². The molecule has 0 atom stereocenters. The molecule has 3 nitrogen and oxygen atoms in total. The molecule has 0 unspecified atom stereocenters. The standard InChI is InChI=1S/C55H37N3/c1-55(2)46-22-12-10-20-42(46)43-30-28-39(33-47(43)55)50-41-19-9-7-17-38(41)32-45-51-40-18-8-6-16-36(40)29-31-49(51)58(53(45)50)54-56-48-23-13-11-21-44(48)52(57-54)37-26-24-35(25-27-37)34-14-4-3-5-15-34/h3-33H,1-2H3. The number of fused-ring (bicyclic) bond motifs is 10. The molecule has 0 saturated carbocycles. The number of para-hydroxylation sites is 1. The Morgan fingerprint density at radius 2 is 1.07 bits per heavy atom. The fourth-order valence-corrected chi connectivity index (χ4v) is 9.80. The van der Waals surface area contributed by atoms with E-state index in [1.165, 1.54) is 76.8 Å². The summed E-state index contributed by atoms with van der Waals surface area (Å²) in [5.74, 6) is 0.654. The number of benzene rings is 9. The second kappa shape index (κ2) is 12.3. The van der Waals surface area contributed by atoms with Gasteiger partial charge in [-0.15, -0.1) is 0 Å². The molecule has 1 aliphatic rings. The Kier molecular flexibility index (Phi) is 6.98. The van der Waals surface area contributed by atoms with Crippen molar-refractivity contribution >= 4 is 54.3 Å². The van der Waals surface area contributed by atoms with E-state index in [1.807, 2.05) is 0 Å². The van der Waals surface area contributed by atoms with Gasteiger partial charge in [0.25, 0.3) is 0 Å². The molecule has 3 heteroatoms. The molecular weight excluding hydrogens is 703 g/mol. The van der Waals surface area contributed by atoms with E-state index in [0.29, 0.717) is 5.95 Å². The summed E-state index contributed by atoms with van der Waals surface area (Å²) in [6.45, 7) is 4.72. The summed E-state index contributed by atoms with van der Waals surface area (Å²) in [5.41, 5.74) is 15.0. The lowest BCUT2D eigenvalue weighted by Crippen LogP contribution is -2.14. The van der Waals surface area contributed by atoms with Gasteiger partial charge < -0.3 is 0 Å². The topological polar surface area (TPSA) is 30.7 Å². The smallest absolute Gasteiger partial charge is 0.235 e. The highest BCUT2D eigenvalue weighted by Gasteiger charge is 2.35. The van der Waals surface area contributed by atoms with E-state index >= 15 is 0 Å². The monoisotopic (exact) mass is 739 g/mol. The van der Waals surface area contributed by atoms with Gasteiger partial charge in [0.2, 0.25) is 5.95 Å². The van der Waals surface area contributed by atoms with Crippen LogP contribution in [0.25, 0.3) is 105 Å². The zero-order chi connectivity index (χ0) is 38.5. The van der Waals surface area contributed by atoms with Crippen LogP contribution in [0.2, 0.25) is 0 Å². The molecular formula is C55H37N3. The molecule has 1 aliphatic carbocycles. The Morgan fingerprint density at radius 3 is 1.91 bits per heavy atom. The Hall–Kier alpha value is -7.36. The number of hydrogen-bond donors (Lipinski definition) is 0. The minimum Gasteiger partial charge on any atom is -0.277 e. The third-order valence-corrected chi connectivity index (χ3v) is 12.6. The van der Waals surface area contributed by atoms with Crippen LogP contribution < -0.4 is 0 Å². The van der Waals surface area contributed by atoms with Crippen molar-refractivity contribution in [3.05, 3.63) is 199 Å². The third-order valence-electron chi connectivity index (χ3n) is 12.6. The van der Waals surface area contributed by atoms with Crippen molar-refractivity contribution < 1.29 is 0 Å². The maximum atomic E-state index is 5.57. The first kappa shape index (κ1) is 32.8. The van der Waals surface area contributed by atoms with E-state index < -0.39 is 0 Å². The van der Waals surface area contributed by atoms with Crippen molar-refractivity contribution in [2.45, 2.75) is 19.3 Å². The second-order valence-corrected chi connectivity index (χ2v) is 16.1. The van der Waals surface area contributed by atoms with Gasteiger partial charge in [0.05, 0.1) is 22.2 Å². The van der Waals surface area contributed by atoms with Crippen LogP contribution in [0, 0.1) is 0 Å². The van der Waals surface area contributed by atoms with Gasteiger partial charge in [0.15, 0.2) is 0 Å². The number of aromatic nitrogens is 3. The molecule has 0 spiro atoms. The molecule has 9 aromatic carbocycles. The summed E-state index contributed by atoms with van der Waals surface area (Å²) in [7, 11) is 0. The van der Waals surface area contributed by atoms with E-state index in [9.17, 15) is 0 Å². The van der Waals surface area contributed by atoms with Gasteiger partial charge in [-0.1, -0.05) is 178 Å². The number of nitrogens with zero attached hydrogens (tertiary/aromatic N) is 3. The molecule has 0 amide bonds. The molecule has 0 saturated heterocycles. The van der Waals surface area contributed by atoms with Gasteiger partial charge in [-0.3, -0.25) is 4.57 Å². The van der Waals surface area contributed by atoms with E-state index in [4.69, 9.17) is 9.97 Å². The first-order valence-corrected chi connectivity index (χ1v) is 20.1. The summed E-state index contributed by atoms with van der Waals surface area (Å²) < 4.78 is 2.35. The maximum absolute atomic E-state index is 5.57. The predicted molar refractivity (Wildman–Crippen MR) is 243 cm³/mol. The molecule has 272 valence electrons. The highest BCUT2D eigenvalue weighted by Crippen LogP contribution is 2.51. The fourth-order valence-electron chi connectivity index (χ4n) is 9.80. The number of hydrogen-bond acceptors (Lipinski definition) is 2. The summed E-state index contributed by atoms with van der Waals surface area (Å²) in [4.78, 5) is 11.0. The van der Waals surface area contributed by atoms with E-state index in [-0.39, 0.29) is 5.41 Å². The van der Waals surface area contributed by atoms with Crippen molar-refractivity contribution in [1.29, 1.82) is 0 Å². The van der Waals surface area contributed by atoms with Crippen LogP contribution in [0.3, 0.4) is 0 Å². The van der Waals surface area contributed by atoms with Crippen LogP contribution >= 0.6 is 0 Å². The lowest BCUT2D eigenvalue weighted by Gasteiger charge is -2.22. The van der Waals surface area contributed by atoms with Crippen molar-refractivity contribution in [2.75, 3.05) is 0 Å². The van der Waals surface area contributed by atoms with Crippen LogP contribution in [0.5, 0.6) is 0 Å². The normalized spacial score (nSPS) is 13.1. The Bertz CT molecular complexity index is 3460. The molecule has 11 aromatic rings. The molecule has 58 heavy (non-hydrogen) atoms. The van der Waals surface area contributed by atoms with Crippen molar-refractivity contribution in [3.8, 4) is 50.6 Å². The lowest BCUT2D eigenvalue weighted by atomic mass is 9.81. The molecule has 2 aromatic heterocycles. The SMILES string of the molecule is CC1(C)c2ccccc2-c2ccc(-c3c4ccccc4cc4c5c6ccccc6ccc5n(-c5nc(-c6ccc(-c7ccccc7)cc6)c6ccccc6n5)c34)cc21. The fraction of sp³-hybridized carbons (Fsp3) is 0.0545. The first-order valence-electron chi connectivity index (χ1n) is 20.1. The van der Waals surface area contributed by atoms with E-state index in [2.05, 4.69) is 206 Å². The van der Waals surface area contributed by atoms with Crippen LogP contribution in [-0.4, -0.2) is 14.5 Å².